The summed E-state index contributed by atoms with van der Waals surface area (Å²) in [4.78, 5) is 22.5. The summed E-state index contributed by atoms with van der Waals surface area (Å²) in [6.07, 6.45) is 0. The summed E-state index contributed by atoms with van der Waals surface area (Å²) in [5, 5.41) is 8.03. The summed E-state index contributed by atoms with van der Waals surface area (Å²) < 4.78 is 10.3. The summed E-state index contributed by atoms with van der Waals surface area (Å²) >= 11 is 0. The molecule has 0 aliphatic heterocycles. The average Bonchev–Trinajstić information content (AvgIpc) is 2.73. The first-order valence-corrected chi connectivity index (χ1v) is 9.19. The number of hydrogen-bond acceptors (Lipinski definition) is 7. The molecule has 0 saturated heterocycles. The Balaban J connectivity index is 2.20. The number of nitrogens with zero attached hydrogens (tertiary/aromatic N) is 2. The van der Waals surface area contributed by atoms with E-state index < -0.39 is 5.97 Å². The van der Waals surface area contributed by atoms with Crippen molar-refractivity contribution in [3.63, 3.8) is 0 Å². The van der Waals surface area contributed by atoms with E-state index in [1.165, 1.54) is 14.2 Å². The Kier molecular flexibility index (Phi) is 8.21. The lowest BCUT2D eigenvalue weighted by molar-refractivity contribution is -0.132. The second-order valence-corrected chi connectivity index (χ2v) is 6.12. The maximum absolute atomic E-state index is 12.1. The molecule has 0 aromatic heterocycles. The highest BCUT2D eigenvalue weighted by Gasteiger charge is 2.20. The molecule has 0 unspecified atom stereocenters. The van der Waals surface area contributed by atoms with Gasteiger partial charge in [0.1, 0.15) is 19.5 Å². The quantitative estimate of drug-likeness (QED) is 0.364. The van der Waals surface area contributed by atoms with Gasteiger partial charge in [-0.3, -0.25) is 0 Å². The maximum Gasteiger partial charge on any atom is 0.360 e. The van der Waals surface area contributed by atoms with Crippen LogP contribution in [0.25, 0.3) is 0 Å². The van der Waals surface area contributed by atoms with E-state index in [0.29, 0.717) is 12.2 Å². The van der Waals surface area contributed by atoms with Gasteiger partial charge in [-0.15, -0.1) is 0 Å². The zero-order valence-corrected chi connectivity index (χ0v) is 17.4. The van der Waals surface area contributed by atoms with Crippen LogP contribution in [0.2, 0.25) is 0 Å². The number of carbonyl (C=O) groups excluding carboxylic acids is 1. The number of carbonyl (C=O) groups is 1. The van der Waals surface area contributed by atoms with Crippen molar-refractivity contribution in [3.8, 4) is 5.75 Å². The molecule has 0 saturated carbocycles. The average molecular weight is 398 g/mol. The van der Waals surface area contributed by atoms with Crippen LogP contribution in [-0.4, -0.2) is 38.2 Å². The van der Waals surface area contributed by atoms with Gasteiger partial charge in [-0.25, -0.2) is 4.79 Å². The molecular formula is C22H26N2O5. The number of aryl methyl sites for hydroxylation is 1. The topological polar surface area (TPSA) is 78.7 Å². The summed E-state index contributed by atoms with van der Waals surface area (Å²) in [6.45, 7) is 6.51. The monoisotopic (exact) mass is 398 g/mol. The minimum atomic E-state index is -0.590. The van der Waals surface area contributed by atoms with Gasteiger partial charge in [0.05, 0.1) is 19.4 Å². The lowest BCUT2D eigenvalue weighted by Crippen LogP contribution is -2.20. The largest absolute Gasteiger partial charge is 0.494 e. The molecule has 154 valence electrons. The van der Waals surface area contributed by atoms with Crippen LogP contribution in [0.4, 0.5) is 0 Å². The zero-order valence-electron chi connectivity index (χ0n) is 17.4. The molecule has 0 atom stereocenters. The molecular weight excluding hydrogens is 372 g/mol. The van der Waals surface area contributed by atoms with Crippen molar-refractivity contribution in [1.82, 2.24) is 0 Å². The van der Waals surface area contributed by atoms with Gasteiger partial charge in [0.25, 0.3) is 0 Å². The van der Waals surface area contributed by atoms with Gasteiger partial charge in [0.15, 0.2) is 5.71 Å². The number of hydrogen-bond donors (Lipinski definition) is 0. The first-order chi connectivity index (χ1) is 14.0. The molecule has 29 heavy (non-hydrogen) atoms. The predicted octanol–water partition coefficient (Wildman–Crippen LogP) is 3.86. The summed E-state index contributed by atoms with van der Waals surface area (Å²) in [5.41, 5.74) is 4.01. The summed E-state index contributed by atoms with van der Waals surface area (Å²) in [5.74, 6) is 0.218. The van der Waals surface area contributed by atoms with Crippen LogP contribution in [0.3, 0.4) is 0 Å². The number of benzene rings is 2. The second kappa shape index (κ2) is 10.8. The minimum Gasteiger partial charge on any atom is -0.494 e. The van der Waals surface area contributed by atoms with Gasteiger partial charge in [-0.05, 0) is 56.2 Å². The molecule has 2 aromatic carbocycles. The molecule has 0 aliphatic rings. The molecule has 0 amide bonds. The van der Waals surface area contributed by atoms with Crippen molar-refractivity contribution in [3.05, 3.63) is 64.7 Å². The van der Waals surface area contributed by atoms with Crippen molar-refractivity contribution in [1.29, 1.82) is 0 Å². The van der Waals surface area contributed by atoms with Crippen LogP contribution in [0.15, 0.2) is 52.8 Å². The Morgan fingerprint density at radius 2 is 1.76 bits per heavy atom. The number of ether oxygens (including phenoxy) is 2. The Morgan fingerprint density at radius 3 is 2.38 bits per heavy atom. The van der Waals surface area contributed by atoms with Crippen LogP contribution in [0.1, 0.15) is 36.1 Å². The van der Waals surface area contributed by atoms with Gasteiger partial charge < -0.3 is 19.1 Å². The molecule has 7 heteroatoms. The van der Waals surface area contributed by atoms with Crippen LogP contribution >= 0.6 is 0 Å². The highest BCUT2D eigenvalue weighted by Crippen LogP contribution is 2.18. The fourth-order valence-electron chi connectivity index (χ4n) is 2.71. The first kappa shape index (κ1) is 21.9. The highest BCUT2D eigenvalue weighted by atomic mass is 16.6. The fraction of sp³-hybridized carbons (Fsp3) is 0.318. The van der Waals surface area contributed by atoms with E-state index in [2.05, 4.69) is 10.3 Å². The number of methoxy groups -OCH3 is 1. The lowest BCUT2D eigenvalue weighted by atomic mass is 9.99. The van der Waals surface area contributed by atoms with Crippen LogP contribution < -0.4 is 4.74 Å². The third-order valence-corrected chi connectivity index (χ3v) is 4.22. The van der Waals surface area contributed by atoms with E-state index >= 15 is 0 Å². The Labute approximate surface area is 170 Å². The second-order valence-electron chi connectivity index (χ2n) is 6.12. The third-order valence-electron chi connectivity index (χ3n) is 4.22. The molecule has 2 aromatic rings. The predicted molar refractivity (Wildman–Crippen MR) is 111 cm³/mol. The Morgan fingerprint density at radius 1 is 1.03 bits per heavy atom. The summed E-state index contributed by atoms with van der Waals surface area (Å²) in [6, 6.07) is 13.1. The van der Waals surface area contributed by atoms with E-state index in [0.717, 1.165) is 28.2 Å². The van der Waals surface area contributed by atoms with Crippen LogP contribution in [-0.2, 0) is 25.8 Å². The van der Waals surface area contributed by atoms with Gasteiger partial charge in [0, 0.05) is 11.1 Å². The van der Waals surface area contributed by atoms with Gasteiger partial charge in [-0.1, -0.05) is 28.5 Å². The highest BCUT2D eigenvalue weighted by molar-refractivity contribution is 6.43. The van der Waals surface area contributed by atoms with E-state index in [-0.39, 0.29) is 12.3 Å². The normalized spacial score (nSPS) is 11.8. The SMILES string of the molecule is CCOc1ccc(/C(C)=N/OCc2c(C)cccc2/C(=N\OC)C(=O)OC)cc1. The molecule has 0 fully saturated rings. The Hall–Kier alpha value is -3.35. The van der Waals surface area contributed by atoms with Crippen molar-refractivity contribution in [2.75, 3.05) is 20.8 Å². The standard InChI is InChI=1S/C22H26N2O5/c1-6-28-18-12-10-17(11-13-18)16(3)23-29-14-20-15(2)8-7-9-19(20)21(24-27-5)22(25)26-4/h7-13H,6,14H2,1-5H3/b23-16+,24-21+. The van der Waals surface area contributed by atoms with Crippen LogP contribution in [0, 0.1) is 6.92 Å². The smallest absolute Gasteiger partial charge is 0.360 e. The molecule has 0 bridgehead atoms. The lowest BCUT2D eigenvalue weighted by Gasteiger charge is -2.12. The Bertz CT molecular complexity index is 889. The van der Waals surface area contributed by atoms with Crippen molar-refractivity contribution >= 4 is 17.4 Å². The maximum atomic E-state index is 12.1. The van der Waals surface area contributed by atoms with Crippen molar-refractivity contribution < 1.29 is 23.9 Å². The molecule has 2 rings (SSSR count). The van der Waals surface area contributed by atoms with Crippen molar-refractivity contribution in [2.24, 2.45) is 10.3 Å². The first-order valence-electron chi connectivity index (χ1n) is 9.19. The number of rotatable bonds is 9. The van der Waals surface area contributed by atoms with E-state index in [4.69, 9.17) is 19.1 Å². The van der Waals surface area contributed by atoms with E-state index in [1.807, 2.05) is 57.2 Å². The molecule has 0 radical (unpaired) electrons. The van der Waals surface area contributed by atoms with Gasteiger partial charge >= 0.3 is 5.97 Å². The molecule has 0 N–H and O–H groups in total. The van der Waals surface area contributed by atoms with E-state index in [1.54, 1.807) is 6.07 Å². The molecule has 0 aliphatic carbocycles. The number of esters is 1. The molecule has 0 heterocycles. The summed E-state index contributed by atoms with van der Waals surface area (Å²) in [7, 11) is 2.67. The van der Waals surface area contributed by atoms with Gasteiger partial charge in [0.2, 0.25) is 0 Å². The minimum absolute atomic E-state index is 0.0736. The fourth-order valence-corrected chi connectivity index (χ4v) is 2.71. The van der Waals surface area contributed by atoms with E-state index in [9.17, 15) is 4.79 Å². The van der Waals surface area contributed by atoms with Gasteiger partial charge in [-0.2, -0.15) is 0 Å². The third kappa shape index (κ3) is 5.81. The van der Waals surface area contributed by atoms with Crippen LogP contribution in [0.5, 0.6) is 5.75 Å². The van der Waals surface area contributed by atoms with Crippen molar-refractivity contribution in [2.45, 2.75) is 27.4 Å². The molecule has 7 nitrogen and oxygen atoms in total. The molecule has 0 spiro atoms. The number of oxime groups is 2. The zero-order chi connectivity index (χ0) is 21.2.